The van der Waals surface area contributed by atoms with Crippen LogP contribution in [-0.2, 0) is 40.1 Å². The van der Waals surface area contributed by atoms with Gasteiger partial charge in [-0.25, -0.2) is 0 Å². The Morgan fingerprint density at radius 1 is 0.564 bits per heavy atom. The molecule has 0 aromatic heterocycles. The molecule has 220 valence electrons. The third-order valence-corrected chi connectivity index (χ3v) is 7.57. The molecule has 0 bridgehead atoms. The molecule has 0 radical (unpaired) electrons. The molecule has 2 aromatic rings. The molecule has 0 aliphatic carbocycles. The summed E-state index contributed by atoms with van der Waals surface area (Å²) >= 11 is 0. The summed E-state index contributed by atoms with van der Waals surface area (Å²) in [5, 5.41) is 0. The van der Waals surface area contributed by atoms with Crippen LogP contribution in [0.3, 0.4) is 0 Å². The van der Waals surface area contributed by atoms with Crippen molar-refractivity contribution in [2.24, 2.45) is 0 Å². The highest BCUT2D eigenvalue weighted by molar-refractivity contribution is 7.81. The minimum atomic E-state index is -4.70. The van der Waals surface area contributed by atoms with Crippen molar-refractivity contribution >= 4 is 20.8 Å². The summed E-state index contributed by atoms with van der Waals surface area (Å²) in [5.41, 5.74) is 3.02. The van der Waals surface area contributed by atoms with E-state index in [0.29, 0.717) is 30.4 Å². The lowest BCUT2D eigenvalue weighted by molar-refractivity contribution is 0.382. The Bertz CT molecular complexity index is 1130. The number of hydrogen-bond donors (Lipinski definition) is 2. The normalized spacial score (nSPS) is 12.0. The minimum Gasteiger partial charge on any atom is -0.362 e. The van der Waals surface area contributed by atoms with Crippen molar-refractivity contribution in [1.29, 1.82) is 0 Å². The number of hydrogen-bond acceptors (Lipinski definition) is 6. The first-order chi connectivity index (χ1) is 18.5. The molecular weight excluding hydrogens is 540 g/mol. The van der Waals surface area contributed by atoms with Gasteiger partial charge >= 0.3 is 20.8 Å². The molecule has 0 spiro atoms. The Hall–Kier alpha value is -2.14. The van der Waals surface area contributed by atoms with Crippen LogP contribution >= 0.6 is 0 Å². The van der Waals surface area contributed by atoms with E-state index in [-0.39, 0.29) is 11.5 Å². The molecule has 0 atom stereocenters. The summed E-state index contributed by atoms with van der Waals surface area (Å²) in [6.45, 7) is 4.32. The molecule has 0 saturated carbocycles. The van der Waals surface area contributed by atoms with Crippen LogP contribution in [0.2, 0.25) is 0 Å². The van der Waals surface area contributed by atoms with E-state index in [2.05, 4.69) is 13.8 Å². The van der Waals surface area contributed by atoms with E-state index in [4.69, 9.17) is 8.37 Å². The second kappa shape index (κ2) is 16.8. The fourth-order valence-corrected chi connectivity index (χ4v) is 5.64. The van der Waals surface area contributed by atoms with E-state index in [1.165, 1.54) is 25.0 Å². The Morgan fingerprint density at radius 2 is 0.923 bits per heavy atom. The van der Waals surface area contributed by atoms with Gasteiger partial charge in [-0.05, 0) is 66.5 Å². The fraction of sp³-hybridized carbons (Fsp3) is 0.586. The summed E-state index contributed by atoms with van der Waals surface area (Å²) < 4.78 is 74.8. The van der Waals surface area contributed by atoms with E-state index in [1.54, 1.807) is 12.1 Å². The SMILES string of the molecule is CCCCCCCCc1c(Cc2cccc(OS(=O)(=O)O)c2CCCCCCCC)cccc1OS(=O)(=O)O. The Morgan fingerprint density at radius 3 is 1.28 bits per heavy atom. The summed E-state index contributed by atoms with van der Waals surface area (Å²) in [6.07, 6.45) is 14.3. The Kier molecular flexibility index (Phi) is 14.3. The van der Waals surface area contributed by atoms with Gasteiger partial charge in [0.15, 0.2) is 0 Å². The van der Waals surface area contributed by atoms with Gasteiger partial charge in [-0.1, -0.05) is 102 Å². The lowest BCUT2D eigenvalue weighted by Gasteiger charge is -2.18. The average Bonchev–Trinajstić information content (AvgIpc) is 2.84. The number of rotatable bonds is 20. The second-order valence-electron chi connectivity index (χ2n) is 10.0. The van der Waals surface area contributed by atoms with Crippen LogP contribution in [0.15, 0.2) is 36.4 Å². The van der Waals surface area contributed by atoms with Crippen LogP contribution < -0.4 is 8.37 Å². The fourth-order valence-electron chi connectivity index (χ4n) is 4.87. The molecule has 10 heteroatoms. The maximum Gasteiger partial charge on any atom is 0.446 e. The second-order valence-corrected chi connectivity index (χ2v) is 12.1. The van der Waals surface area contributed by atoms with Gasteiger partial charge in [0.2, 0.25) is 0 Å². The maximum atomic E-state index is 11.6. The molecule has 2 N–H and O–H groups in total. The summed E-state index contributed by atoms with van der Waals surface area (Å²) in [7, 11) is -9.41. The molecule has 39 heavy (non-hydrogen) atoms. The average molecular weight is 585 g/mol. The van der Waals surface area contributed by atoms with Gasteiger partial charge < -0.3 is 8.37 Å². The van der Waals surface area contributed by atoms with Crippen molar-refractivity contribution in [2.75, 3.05) is 0 Å². The van der Waals surface area contributed by atoms with Gasteiger partial charge in [-0.2, -0.15) is 16.8 Å². The first-order valence-electron chi connectivity index (χ1n) is 14.1. The van der Waals surface area contributed by atoms with Gasteiger partial charge in [0.1, 0.15) is 11.5 Å². The molecule has 2 aromatic carbocycles. The predicted molar refractivity (Wildman–Crippen MR) is 154 cm³/mol. The van der Waals surface area contributed by atoms with E-state index >= 15 is 0 Å². The minimum absolute atomic E-state index is 0.0892. The molecule has 8 nitrogen and oxygen atoms in total. The van der Waals surface area contributed by atoms with Crippen molar-refractivity contribution in [3.63, 3.8) is 0 Å². The van der Waals surface area contributed by atoms with Crippen LogP contribution in [-0.4, -0.2) is 25.9 Å². The quantitative estimate of drug-likeness (QED) is 0.121. The van der Waals surface area contributed by atoms with Gasteiger partial charge in [0.25, 0.3) is 0 Å². The molecule has 0 aliphatic rings. The Balaban J connectivity index is 2.36. The zero-order chi connectivity index (χ0) is 28.7. The van der Waals surface area contributed by atoms with Gasteiger partial charge in [-0.15, -0.1) is 0 Å². The zero-order valence-corrected chi connectivity index (χ0v) is 24.9. The molecule has 0 fully saturated rings. The third kappa shape index (κ3) is 13.2. The number of unbranched alkanes of at least 4 members (excludes halogenated alkanes) is 10. The summed E-state index contributed by atoms with van der Waals surface area (Å²) in [5.74, 6) is 0.178. The molecule has 0 aliphatic heterocycles. The predicted octanol–water partition coefficient (Wildman–Crippen LogP) is 7.45. The van der Waals surface area contributed by atoms with Crippen molar-refractivity contribution in [3.8, 4) is 11.5 Å². The van der Waals surface area contributed by atoms with E-state index in [0.717, 1.165) is 75.3 Å². The van der Waals surface area contributed by atoms with Crippen molar-refractivity contribution < 1.29 is 34.3 Å². The van der Waals surface area contributed by atoms with E-state index in [1.807, 2.05) is 12.1 Å². The largest absolute Gasteiger partial charge is 0.446 e. The van der Waals surface area contributed by atoms with Gasteiger partial charge in [-0.3, -0.25) is 9.11 Å². The maximum absolute atomic E-state index is 11.6. The summed E-state index contributed by atoms with van der Waals surface area (Å²) in [6, 6.07) is 10.2. The highest BCUT2D eigenvalue weighted by Gasteiger charge is 2.19. The highest BCUT2D eigenvalue weighted by Crippen LogP contribution is 2.32. The highest BCUT2D eigenvalue weighted by atomic mass is 32.3. The lowest BCUT2D eigenvalue weighted by atomic mass is 9.91. The van der Waals surface area contributed by atoms with E-state index in [9.17, 15) is 25.9 Å². The topological polar surface area (TPSA) is 127 Å². The smallest absolute Gasteiger partial charge is 0.362 e. The van der Waals surface area contributed by atoms with Crippen LogP contribution in [0.25, 0.3) is 0 Å². The molecule has 0 amide bonds. The molecule has 0 saturated heterocycles. The first kappa shape index (κ1) is 33.1. The monoisotopic (exact) mass is 584 g/mol. The lowest BCUT2D eigenvalue weighted by Crippen LogP contribution is -2.11. The molecule has 2 rings (SSSR count). The number of benzene rings is 2. The first-order valence-corrected chi connectivity index (χ1v) is 16.8. The van der Waals surface area contributed by atoms with Gasteiger partial charge in [0, 0.05) is 0 Å². The van der Waals surface area contributed by atoms with Crippen LogP contribution in [0.5, 0.6) is 11.5 Å². The van der Waals surface area contributed by atoms with Gasteiger partial charge in [0.05, 0.1) is 0 Å². The van der Waals surface area contributed by atoms with Crippen LogP contribution in [0, 0.1) is 0 Å². The summed E-state index contributed by atoms with van der Waals surface area (Å²) in [4.78, 5) is 0. The third-order valence-electron chi connectivity index (χ3n) is 6.79. The zero-order valence-electron chi connectivity index (χ0n) is 23.2. The van der Waals surface area contributed by atoms with Crippen molar-refractivity contribution in [3.05, 3.63) is 58.7 Å². The van der Waals surface area contributed by atoms with E-state index < -0.39 is 20.8 Å². The van der Waals surface area contributed by atoms with Crippen LogP contribution in [0.4, 0.5) is 0 Å². The van der Waals surface area contributed by atoms with Crippen molar-refractivity contribution in [1.82, 2.24) is 0 Å². The Labute approximate surface area is 235 Å². The van der Waals surface area contributed by atoms with Crippen LogP contribution in [0.1, 0.15) is 113 Å². The standard InChI is InChI=1S/C29H44O8S2/c1-3-5-7-9-11-13-19-26-24(17-15-21-28(26)36-38(30,31)32)23-25-18-16-22-29(37-39(33,34)35)27(25)20-14-12-10-8-6-4-2/h15-18,21-22H,3-14,19-20,23H2,1-2H3,(H,30,31,32)(H,33,34,35). The molecule has 0 unspecified atom stereocenters. The van der Waals surface area contributed by atoms with Crippen molar-refractivity contribution in [2.45, 2.75) is 110 Å². The molecular formula is C29H44O8S2. The molecule has 0 heterocycles.